The van der Waals surface area contributed by atoms with Crippen LogP contribution in [0.4, 0.5) is 10.9 Å². The zero-order chi connectivity index (χ0) is 14.4. The summed E-state index contributed by atoms with van der Waals surface area (Å²) < 4.78 is 1.75. The van der Waals surface area contributed by atoms with E-state index in [0.29, 0.717) is 6.04 Å². The monoisotopic (exact) mass is 302 g/mol. The summed E-state index contributed by atoms with van der Waals surface area (Å²) in [6, 6.07) is 0.354. The zero-order valence-corrected chi connectivity index (χ0v) is 12.5. The lowest BCUT2D eigenvalue weighted by atomic mass is 10.1. The zero-order valence-electron chi connectivity index (χ0n) is 11.7. The molecular formula is C12H14N8S. The van der Waals surface area contributed by atoms with E-state index in [1.165, 1.54) is 0 Å². The molecule has 1 aliphatic rings. The van der Waals surface area contributed by atoms with E-state index in [4.69, 9.17) is 0 Å². The summed E-state index contributed by atoms with van der Waals surface area (Å²) in [5.41, 5.74) is 0.837. The molecule has 8 nitrogen and oxygen atoms in total. The van der Waals surface area contributed by atoms with Crippen LogP contribution in [0.1, 0.15) is 5.01 Å². The lowest BCUT2D eigenvalue weighted by molar-refractivity contribution is 0.546. The van der Waals surface area contributed by atoms with Crippen molar-refractivity contribution < 1.29 is 0 Å². The van der Waals surface area contributed by atoms with Crippen LogP contribution in [0, 0.1) is 6.92 Å². The van der Waals surface area contributed by atoms with Gasteiger partial charge < -0.3 is 10.2 Å². The van der Waals surface area contributed by atoms with Crippen LogP contribution in [0.15, 0.2) is 12.5 Å². The van der Waals surface area contributed by atoms with Crippen LogP contribution in [-0.2, 0) is 7.05 Å². The van der Waals surface area contributed by atoms with Gasteiger partial charge in [-0.25, -0.2) is 9.97 Å². The van der Waals surface area contributed by atoms with Crippen LogP contribution in [0.5, 0.6) is 0 Å². The fraction of sp³-hybridized carbons (Fsp3) is 0.417. The van der Waals surface area contributed by atoms with Gasteiger partial charge in [0.25, 0.3) is 0 Å². The number of rotatable bonds is 3. The first kappa shape index (κ1) is 12.5. The Kier molecular flexibility index (Phi) is 2.74. The standard InChI is InChI=1S/C12H14N8S/c1-7-17-18-12(21-7)20-4-8(5-20)16-10-9-3-15-19(2)11(9)14-6-13-10/h3,6,8H,4-5H2,1-2H3,(H,13,14,16). The molecule has 0 amide bonds. The van der Waals surface area contributed by atoms with Gasteiger partial charge in [-0.3, -0.25) is 4.68 Å². The normalized spacial score (nSPS) is 15.4. The van der Waals surface area contributed by atoms with E-state index in [1.807, 2.05) is 14.0 Å². The van der Waals surface area contributed by atoms with Crippen LogP contribution in [-0.4, -0.2) is 49.1 Å². The van der Waals surface area contributed by atoms with Crippen molar-refractivity contribution in [2.75, 3.05) is 23.3 Å². The molecule has 1 saturated heterocycles. The fourth-order valence-corrected chi connectivity index (χ4v) is 3.12. The Morgan fingerprint density at radius 2 is 2.14 bits per heavy atom. The van der Waals surface area contributed by atoms with Crippen molar-refractivity contribution in [1.82, 2.24) is 29.9 Å². The molecule has 0 radical (unpaired) electrons. The van der Waals surface area contributed by atoms with Crippen LogP contribution >= 0.6 is 11.3 Å². The SMILES string of the molecule is Cc1nnc(N2CC(Nc3ncnc4c3cnn4C)C2)s1. The molecule has 9 heteroatoms. The maximum atomic E-state index is 4.32. The average molecular weight is 302 g/mol. The quantitative estimate of drug-likeness (QED) is 0.767. The van der Waals surface area contributed by atoms with Gasteiger partial charge in [0.05, 0.1) is 17.6 Å². The number of aromatic nitrogens is 6. The second-order valence-corrected chi connectivity index (χ2v) is 6.24. The number of aryl methyl sites for hydroxylation is 2. The van der Waals surface area contributed by atoms with Crippen LogP contribution < -0.4 is 10.2 Å². The first-order chi connectivity index (χ1) is 10.2. The summed E-state index contributed by atoms with van der Waals surface area (Å²) in [5, 5.41) is 18.8. The van der Waals surface area contributed by atoms with Crippen molar-refractivity contribution in [3.05, 3.63) is 17.5 Å². The van der Waals surface area contributed by atoms with E-state index in [1.54, 1.807) is 28.5 Å². The number of nitrogens with one attached hydrogen (secondary N) is 1. The molecule has 3 aromatic rings. The van der Waals surface area contributed by atoms with Gasteiger partial charge in [-0.15, -0.1) is 10.2 Å². The van der Waals surface area contributed by atoms with Crippen LogP contribution in [0.2, 0.25) is 0 Å². The number of hydrogen-bond donors (Lipinski definition) is 1. The predicted molar refractivity (Wildman–Crippen MR) is 80.6 cm³/mol. The van der Waals surface area contributed by atoms with Crippen molar-refractivity contribution in [2.45, 2.75) is 13.0 Å². The largest absolute Gasteiger partial charge is 0.363 e. The Hall–Kier alpha value is -2.29. The van der Waals surface area contributed by atoms with E-state index in [2.05, 4.69) is 35.5 Å². The van der Waals surface area contributed by atoms with E-state index in [0.717, 1.165) is 40.1 Å². The molecule has 4 heterocycles. The molecule has 0 aliphatic carbocycles. The highest BCUT2D eigenvalue weighted by Crippen LogP contribution is 2.27. The Labute approximate surface area is 124 Å². The van der Waals surface area contributed by atoms with Crippen molar-refractivity contribution in [3.63, 3.8) is 0 Å². The average Bonchev–Trinajstić information content (AvgIpc) is 3.01. The van der Waals surface area contributed by atoms with Gasteiger partial charge in [0.2, 0.25) is 5.13 Å². The number of anilines is 2. The minimum absolute atomic E-state index is 0.354. The van der Waals surface area contributed by atoms with Gasteiger partial charge in [0.15, 0.2) is 5.65 Å². The van der Waals surface area contributed by atoms with Gasteiger partial charge in [-0.2, -0.15) is 5.10 Å². The Balaban J connectivity index is 1.48. The molecule has 21 heavy (non-hydrogen) atoms. The summed E-state index contributed by atoms with van der Waals surface area (Å²) in [7, 11) is 1.88. The molecule has 0 spiro atoms. The second-order valence-electron chi connectivity index (χ2n) is 5.08. The summed E-state index contributed by atoms with van der Waals surface area (Å²) in [6.07, 6.45) is 3.36. The van der Waals surface area contributed by atoms with Gasteiger partial charge in [-0.05, 0) is 6.92 Å². The maximum absolute atomic E-state index is 4.32. The number of fused-ring (bicyclic) bond motifs is 1. The summed E-state index contributed by atoms with van der Waals surface area (Å²) >= 11 is 1.62. The van der Waals surface area contributed by atoms with Crippen molar-refractivity contribution >= 4 is 33.3 Å². The highest BCUT2D eigenvalue weighted by molar-refractivity contribution is 7.15. The summed E-state index contributed by atoms with van der Waals surface area (Å²) in [6.45, 7) is 3.78. The summed E-state index contributed by atoms with van der Waals surface area (Å²) in [5.74, 6) is 0.839. The number of hydrogen-bond acceptors (Lipinski definition) is 8. The third-order valence-corrected chi connectivity index (χ3v) is 4.44. The van der Waals surface area contributed by atoms with Crippen molar-refractivity contribution in [2.24, 2.45) is 7.05 Å². The minimum Gasteiger partial charge on any atom is -0.363 e. The van der Waals surface area contributed by atoms with Gasteiger partial charge >= 0.3 is 0 Å². The molecular weight excluding hydrogens is 288 g/mol. The molecule has 108 valence electrons. The van der Waals surface area contributed by atoms with Crippen LogP contribution in [0.25, 0.3) is 11.0 Å². The third-order valence-electron chi connectivity index (χ3n) is 3.54. The Bertz CT molecular complexity index is 788. The molecule has 4 rings (SSSR count). The molecule has 0 atom stereocenters. The molecule has 0 bridgehead atoms. The molecule has 1 N–H and O–H groups in total. The van der Waals surface area contributed by atoms with Gasteiger partial charge in [0.1, 0.15) is 17.2 Å². The number of nitrogens with zero attached hydrogens (tertiary/aromatic N) is 7. The van der Waals surface area contributed by atoms with Crippen molar-refractivity contribution in [3.8, 4) is 0 Å². The molecule has 1 aliphatic heterocycles. The summed E-state index contributed by atoms with van der Waals surface area (Å²) in [4.78, 5) is 10.8. The van der Waals surface area contributed by atoms with Gasteiger partial charge in [-0.1, -0.05) is 11.3 Å². The predicted octanol–water partition coefficient (Wildman–Crippen LogP) is 0.824. The highest BCUT2D eigenvalue weighted by atomic mass is 32.1. The minimum atomic E-state index is 0.354. The molecule has 0 unspecified atom stereocenters. The molecule has 1 fully saturated rings. The Morgan fingerprint density at radius 1 is 1.29 bits per heavy atom. The molecule has 0 saturated carbocycles. The lowest BCUT2D eigenvalue weighted by Gasteiger charge is -2.39. The topological polar surface area (TPSA) is 84.7 Å². The maximum Gasteiger partial charge on any atom is 0.208 e. The van der Waals surface area contributed by atoms with E-state index in [9.17, 15) is 0 Å². The highest BCUT2D eigenvalue weighted by Gasteiger charge is 2.29. The molecule has 0 aromatic carbocycles. The smallest absolute Gasteiger partial charge is 0.208 e. The van der Waals surface area contributed by atoms with Crippen molar-refractivity contribution in [1.29, 1.82) is 0 Å². The fourth-order valence-electron chi connectivity index (χ4n) is 2.41. The first-order valence-corrected chi connectivity index (χ1v) is 7.46. The molecule has 3 aromatic heterocycles. The van der Waals surface area contributed by atoms with E-state index >= 15 is 0 Å². The second kappa shape index (κ2) is 4.62. The third kappa shape index (κ3) is 2.09. The van der Waals surface area contributed by atoms with E-state index in [-0.39, 0.29) is 0 Å². The lowest BCUT2D eigenvalue weighted by Crippen LogP contribution is -2.55. The van der Waals surface area contributed by atoms with Crippen LogP contribution in [0.3, 0.4) is 0 Å². The van der Waals surface area contributed by atoms with Gasteiger partial charge in [0, 0.05) is 20.1 Å². The van der Waals surface area contributed by atoms with E-state index < -0.39 is 0 Å². The Morgan fingerprint density at radius 3 is 2.90 bits per heavy atom. The first-order valence-electron chi connectivity index (χ1n) is 6.65.